The van der Waals surface area contributed by atoms with E-state index < -0.39 is 5.54 Å². The van der Waals surface area contributed by atoms with Gasteiger partial charge in [0, 0.05) is 5.38 Å². The third-order valence-electron chi connectivity index (χ3n) is 2.51. The van der Waals surface area contributed by atoms with Crippen molar-refractivity contribution in [2.75, 3.05) is 5.32 Å². The van der Waals surface area contributed by atoms with Crippen molar-refractivity contribution in [3.8, 4) is 0 Å². The fraction of sp³-hybridized carbons (Fsp3) is 0.556. The Bertz CT molecular complexity index is 366. The number of thiazole rings is 1. The standard InChI is InChI=1S/C9H14BrN3OS/c1-5(2)9(3,7(11)14)13-8-12-6(10)4-15-8/h4-5H,1-3H3,(H2,11,14)(H,12,13). The van der Waals surface area contributed by atoms with E-state index in [2.05, 4.69) is 26.2 Å². The molecule has 0 saturated carbocycles. The van der Waals surface area contributed by atoms with E-state index in [0.29, 0.717) is 5.13 Å². The number of rotatable bonds is 4. The van der Waals surface area contributed by atoms with Crippen LogP contribution in [-0.2, 0) is 4.79 Å². The van der Waals surface area contributed by atoms with Crippen molar-refractivity contribution >= 4 is 38.3 Å². The molecule has 0 aliphatic heterocycles. The van der Waals surface area contributed by atoms with Crippen LogP contribution in [0.5, 0.6) is 0 Å². The first-order valence-corrected chi connectivity index (χ1v) is 6.22. The molecule has 3 N–H and O–H groups in total. The van der Waals surface area contributed by atoms with Gasteiger partial charge in [-0.3, -0.25) is 4.79 Å². The summed E-state index contributed by atoms with van der Waals surface area (Å²) in [7, 11) is 0. The molecule has 0 fully saturated rings. The highest BCUT2D eigenvalue weighted by Crippen LogP contribution is 2.26. The van der Waals surface area contributed by atoms with E-state index in [1.165, 1.54) is 11.3 Å². The smallest absolute Gasteiger partial charge is 0.243 e. The number of carbonyl (C=O) groups excluding carboxylic acids is 1. The maximum Gasteiger partial charge on any atom is 0.243 e. The molecule has 84 valence electrons. The summed E-state index contributed by atoms with van der Waals surface area (Å²) in [6.07, 6.45) is 0. The number of primary amides is 1. The van der Waals surface area contributed by atoms with Gasteiger partial charge in [-0.05, 0) is 28.8 Å². The fourth-order valence-electron chi connectivity index (χ4n) is 1.02. The Morgan fingerprint density at radius 1 is 1.73 bits per heavy atom. The second kappa shape index (κ2) is 4.49. The van der Waals surface area contributed by atoms with E-state index in [9.17, 15) is 4.79 Å². The molecule has 0 bridgehead atoms. The zero-order valence-electron chi connectivity index (χ0n) is 8.87. The molecule has 1 aromatic rings. The average Bonchev–Trinajstić information content (AvgIpc) is 2.50. The molecule has 1 aromatic heterocycles. The van der Waals surface area contributed by atoms with Crippen molar-refractivity contribution in [1.82, 2.24) is 4.98 Å². The molecule has 0 aromatic carbocycles. The van der Waals surface area contributed by atoms with Crippen molar-refractivity contribution in [2.24, 2.45) is 11.7 Å². The summed E-state index contributed by atoms with van der Waals surface area (Å²) in [5, 5.41) is 5.62. The van der Waals surface area contributed by atoms with Gasteiger partial charge in [0.1, 0.15) is 10.1 Å². The number of nitrogens with two attached hydrogens (primary N) is 1. The van der Waals surface area contributed by atoms with Gasteiger partial charge in [-0.1, -0.05) is 13.8 Å². The van der Waals surface area contributed by atoms with E-state index in [-0.39, 0.29) is 11.8 Å². The van der Waals surface area contributed by atoms with Gasteiger partial charge in [0.15, 0.2) is 5.13 Å². The molecule has 1 amide bonds. The summed E-state index contributed by atoms with van der Waals surface area (Å²) in [5.74, 6) is -0.276. The Kier molecular flexibility index (Phi) is 3.72. The van der Waals surface area contributed by atoms with Gasteiger partial charge < -0.3 is 11.1 Å². The quantitative estimate of drug-likeness (QED) is 0.894. The van der Waals surface area contributed by atoms with Gasteiger partial charge in [-0.25, -0.2) is 4.98 Å². The van der Waals surface area contributed by atoms with Gasteiger partial charge in [-0.15, -0.1) is 11.3 Å². The third kappa shape index (κ3) is 2.69. The highest BCUT2D eigenvalue weighted by atomic mass is 79.9. The molecule has 1 unspecified atom stereocenters. The lowest BCUT2D eigenvalue weighted by atomic mass is 9.88. The van der Waals surface area contributed by atoms with E-state index in [1.807, 2.05) is 19.2 Å². The Labute approximate surface area is 101 Å². The Morgan fingerprint density at radius 2 is 2.33 bits per heavy atom. The number of aromatic nitrogens is 1. The number of carbonyl (C=O) groups is 1. The molecule has 0 saturated heterocycles. The lowest BCUT2D eigenvalue weighted by Gasteiger charge is -2.31. The Morgan fingerprint density at radius 3 is 2.67 bits per heavy atom. The maximum absolute atomic E-state index is 11.4. The van der Waals surface area contributed by atoms with Gasteiger partial charge in [0.05, 0.1) is 0 Å². The molecular weight excluding hydrogens is 278 g/mol. The first-order chi connectivity index (χ1) is 6.86. The van der Waals surface area contributed by atoms with E-state index in [0.717, 1.165) is 4.60 Å². The van der Waals surface area contributed by atoms with Crippen LogP contribution < -0.4 is 11.1 Å². The summed E-state index contributed by atoms with van der Waals surface area (Å²) in [5.41, 5.74) is 4.62. The van der Waals surface area contributed by atoms with Crippen LogP contribution in [0.15, 0.2) is 9.98 Å². The molecule has 1 atom stereocenters. The summed E-state index contributed by atoms with van der Waals surface area (Å²) in [6.45, 7) is 5.68. The normalized spacial score (nSPS) is 15.0. The molecule has 0 radical (unpaired) electrons. The topological polar surface area (TPSA) is 68.0 Å². The van der Waals surface area contributed by atoms with Gasteiger partial charge in [0.25, 0.3) is 0 Å². The number of halogens is 1. The van der Waals surface area contributed by atoms with Crippen molar-refractivity contribution in [3.05, 3.63) is 9.98 Å². The van der Waals surface area contributed by atoms with Crippen molar-refractivity contribution < 1.29 is 4.79 Å². The zero-order chi connectivity index (χ0) is 11.6. The fourth-order valence-corrected chi connectivity index (χ4v) is 2.28. The number of hydrogen-bond acceptors (Lipinski definition) is 4. The molecule has 1 heterocycles. The van der Waals surface area contributed by atoms with Gasteiger partial charge in [-0.2, -0.15) is 0 Å². The predicted octanol–water partition coefficient (Wildman–Crippen LogP) is 2.22. The molecule has 0 aliphatic carbocycles. The number of anilines is 1. The van der Waals surface area contributed by atoms with Crippen LogP contribution in [0.3, 0.4) is 0 Å². The summed E-state index contributed by atoms with van der Waals surface area (Å²) in [4.78, 5) is 15.6. The molecule has 6 heteroatoms. The second-order valence-corrected chi connectivity index (χ2v) is 5.49. The largest absolute Gasteiger partial charge is 0.368 e. The number of amides is 1. The summed E-state index contributed by atoms with van der Waals surface area (Å²) < 4.78 is 0.755. The minimum atomic E-state index is -0.767. The summed E-state index contributed by atoms with van der Waals surface area (Å²) in [6, 6.07) is 0. The van der Waals surface area contributed by atoms with E-state index >= 15 is 0 Å². The number of hydrogen-bond donors (Lipinski definition) is 2. The highest BCUT2D eigenvalue weighted by Gasteiger charge is 2.35. The van der Waals surface area contributed by atoms with Gasteiger partial charge in [0.2, 0.25) is 5.91 Å². The maximum atomic E-state index is 11.4. The summed E-state index contributed by atoms with van der Waals surface area (Å²) >= 11 is 4.69. The highest BCUT2D eigenvalue weighted by molar-refractivity contribution is 9.10. The molecular formula is C9H14BrN3OS. The van der Waals surface area contributed by atoms with E-state index in [4.69, 9.17) is 5.73 Å². The monoisotopic (exact) mass is 291 g/mol. The first kappa shape index (κ1) is 12.4. The van der Waals surface area contributed by atoms with Crippen LogP contribution in [0.1, 0.15) is 20.8 Å². The van der Waals surface area contributed by atoms with Crippen LogP contribution >= 0.6 is 27.3 Å². The van der Waals surface area contributed by atoms with Crippen LogP contribution in [0, 0.1) is 5.92 Å². The van der Waals surface area contributed by atoms with Crippen molar-refractivity contribution in [1.29, 1.82) is 0 Å². The number of nitrogens with zero attached hydrogens (tertiary/aromatic N) is 1. The second-order valence-electron chi connectivity index (χ2n) is 3.82. The van der Waals surface area contributed by atoms with Crippen molar-refractivity contribution in [2.45, 2.75) is 26.3 Å². The van der Waals surface area contributed by atoms with Crippen LogP contribution in [0.2, 0.25) is 0 Å². The van der Waals surface area contributed by atoms with Crippen LogP contribution in [0.4, 0.5) is 5.13 Å². The first-order valence-electron chi connectivity index (χ1n) is 4.55. The minimum Gasteiger partial charge on any atom is -0.368 e. The molecule has 1 rings (SSSR count). The number of nitrogens with one attached hydrogen (secondary N) is 1. The zero-order valence-corrected chi connectivity index (χ0v) is 11.3. The Balaban J connectivity index is 2.89. The average molecular weight is 292 g/mol. The minimum absolute atomic E-state index is 0.0951. The lowest BCUT2D eigenvalue weighted by molar-refractivity contribution is -0.123. The molecule has 15 heavy (non-hydrogen) atoms. The van der Waals surface area contributed by atoms with Crippen molar-refractivity contribution in [3.63, 3.8) is 0 Å². The lowest BCUT2D eigenvalue weighted by Crippen LogP contribution is -2.51. The molecule has 4 nitrogen and oxygen atoms in total. The van der Waals surface area contributed by atoms with Gasteiger partial charge >= 0.3 is 0 Å². The van der Waals surface area contributed by atoms with E-state index in [1.54, 1.807) is 6.92 Å². The molecule has 0 aliphatic rings. The third-order valence-corrected chi connectivity index (χ3v) is 3.98. The predicted molar refractivity (Wildman–Crippen MR) is 65.9 cm³/mol. The Hall–Kier alpha value is -0.620. The SMILES string of the molecule is CC(C)C(C)(Nc1nc(Br)cs1)C(N)=O. The molecule has 0 spiro atoms. The van der Waals surface area contributed by atoms with Crippen LogP contribution in [0.25, 0.3) is 0 Å². The van der Waals surface area contributed by atoms with Crippen LogP contribution in [-0.4, -0.2) is 16.4 Å².